The van der Waals surface area contributed by atoms with E-state index in [1.807, 2.05) is 0 Å². The third-order valence-electron chi connectivity index (χ3n) is 3.13. The molecule has 0 saturated heterocycles. The fourth-order valence-corrected chi connectivity index (χ4v) is 1.89. The van der Waals surface area contributed by atoms with E-state index in [4.69, 9.17) is 20.3 Å². The van der Waals surface area contributed by atoms with Crippen LogP contribution in [0.4, 0.5) is 0 Å². The molecule has 2 amide bonds. The SMILES string of the molecule is COc1ccc(/C=C/C(=O)NC(CCC(N)=O)C(=O)O)cc1OC. The summed E-state index contributed by atoms with van der Waals surface area (Å²) in [5, 5.41) is 11.3. The van der Waals surface area contributed by atoms with E-state index in [1.54, 1.807) is 18.2 Å². The second kappa shape index (κ2) is 9.19. The molecule has 1 aromatic carbocycles. The normalized spacial score (nSPS) is 11.8. The molecule has 0 aliphatic heterocycles. The Morgan fingerprint density at radius 2 is 1.92 bits per heavy atom. The van der Waals surface area contributed by atoms with Crippen LogP contribution in [-0.4, -0.2) is 43.2 Å². The second-order valence-electron chi connectivity index (χ2n) is 4.85. The van der Waals surface area contributed by atoms with Crippen LogP contribution in [0.3, 0.4) is 0 Å². The molecule has 0 spiro atoms. The zero-order valence-electron chi connectivity index (χ0n) is 13.4. The van der Waals surface area contributed by atoms with E-state index in [0.717, 1.165) is 0 Å². The van der Waals surface area contributed by atoms with Gasteiger partial charge < -0.3 is 25.6 Å². The van der Waals surface area contributed by atoms with E-state index >= 15 is 0 Å². The van der Waals surface area contributed by atoms with Crippen LogP contribution in [0.2, 0.25) is 0 Å². The first-order valence-electron chi connectivity index (χ1n) is 7.09. The summed E-state index contributed by atoms with van der Waals surface area (Å²) in [4.78, 5) is 33.6. The lowest BCUT2D eigenvalue weighted by molar-refractivity contribution is -0.141. The molecule has 0 aliphatic rings. The number of carbonyl (C=O) groups excluding carboxylic acids is 2. The molecule has 0 aliphatic carbocycles. The largest absolute Gasteiger partial charge is 0.493 e. The Kier molecular flexibility index (Phi) is 7.28. The highest BCUT2D eigenvalue weighted by molar-refractivity contribution is 5.94. The van der Waals surface area contributed by atoms with Crippen LogP contribution in [0.15, 0.2) is 24.3 Å². The molecule has 0 bridgehead atoms. The van der Waals surface area contributed by atoms with Gasteiger partial charge in [-0.05, 0) is 30.2 Å². The topological polar surface area (TPSA) is 128 Å². The van der Waals surface area contributed by atoms with E-state index in [2.05, 4.69) is 5.32 Å². The smallest absolute Gasteiger partial charge is 0.326 e. The summed E-state index contributed by atoms with van der Waals surface area (Å²) in [5.74, 6) is -1.40. The molecule has 0 fully saturated rings. The molecule has 0 radical (unpaired) electrons. The molecule has 0 heterocycles. The summed E-state index contributed by atoms with van der Waals surface area (Å²) < 4.78 is 10.3. The highest BCUT2D eigenvalue weighted by atomic mass is 16.5. The van der Waals surface area contributed by atoms with Crippen molar-refractivity contribution in [2.24, 2.45) is 5.73 Å². The number of amides is 2. The predicted molar refractivity (Wildman–Crippen MR) is 86.6 cm³/mol. The number of ether oxygens (including phenoxy) is 2. The number of benzene rings is 1. The molecule has 1 unspecified atom stereocenters. The third-order valence-corrected chi connectivity index (χ3v) is 3.13. The van der Waals surface area contributed by atoms with Crippen molar-refractivity contribution in [3.63, 3.8) is 0 Å². The average Bonchev–Trinajstić information content (AvgIpc) is 2.55. The third kappa shape index (κ3) is 5.99. The van der Waals surface area contributed by atoms with Gasteiger partial charge in [0.25, 0.3) is 0 Å². The molecule has 1 atom stereocenters. The Hall–Kier alpha value is -3.03. The summed E-state index contributed by atoms with van der Waals surface area (Å²) in [7, 11) is 3.01. The second-order valence-corrected chi connectivity index (χ2v) is 4.85. The highest BCUT2D eigenvalue weighted by Gasteiger charge is 2.19. The minimum atomic E-state index is -1.23. The number of methoxy groups -OCH3 is 2. The lowest BCUT2D eigenvalue weighted by atomic mass is 10.1. The van der Waals surface area contributed by atoms with E-state index < -0.39 is 23.8 Å². The highest BCUT2D eigenvalue weighted by Crippen LogP contribution is 2.27. The van der Waals surface area contributed by atoms with Crippen LogP contribution in [0.1, 0.15) is 18.4 Å². The Morgan fingerprint density at radius 1 is 1.25 bits per heavy atom. The van der Waals surface area contributed by atoms with Gasteiger partial charge in [0.1, 0.15) is 6.04 Å². The van der Waals surface area contributed by atoms with Gasteiger partial charge in [0.05, 0.1) is 14.2 Å². The first kappa shape index (κ1) is 19.0. The van der Waals surface area contributed by atoms with Gasteiger partial charge in [-0.15, -0.1) is 0 Å². The van der Waals surface area contributed by atoms with Gasteiger partial charge in [-0.3, -0.25) is 9.59 Å². The zero-order chi connectivity index (χ0) is 18.1. The number of carboxylic acid groups (broad SMARTS) is 1. The molecular formula is C16H20N2O6. The van der Waals surface area contributed by atoms with Crippen molar-refractivity contribution in [2.45, 2.75) is 18.9 Å². The van der Waals surface area contributed by atoms with Gasteiger partial charge in [-0.25, -0.2) is 4.79 Å². The van der Waals surface area contributed by atoms with Crippen LogP contribution < -0.4 is 20.5 Å². The lowest BCUT2D eigenvalue weighted by Gasteiger charge is -2.12. The summed E-state index contributed by atoms with van der Waals surface area (Å²) >= 11 is 0. The maximum Gasteiger partial charge on any atom is 0.326 e. The van der Waals surface area contributed by atoms with Crippen LogP contribution >= 0.6 is 0 Å². The number of nitrogens with one attached hydrogen (secondary N) is 1. The number of primary amides is 1. The Labute approximate surface area is 139 Å². The summed E-state index contributed by atoms with van der Waals surface area (Å²) in [6.07, 6.45) is 2.50. The van der Waals surface area contributed by atoms with E-state index in [1.165, 1.54) is 26.4 Å². The Morgan fingerprint density at radius 3 is 2.46 bits per heavy atom. The molecular weight excluding hydrogens is 316 g/mol. The van der Waals surface area contributed by atoms with Crippen molar-refractivity contribution in [2.75, 3.05) is 14.2 Å². The number of nitrogens with two attached hydrogens (primary N) is 1. The molecule has 24 heavy (non-hydrogen) atoms. The first-order chi connectivity index (χ1) is 11.4. The number of carboxylic acids is 1. The quantitative estimate of drug-likeness (QED) is 0.565. The van der Waals surface area contributed by atoms with Crippen molar-refractivity contribution in [1.29, 1.82) is 0 Å². The monoisotopic (exact) mass is 336 g/mol. The average molecular weight is 336 g/mol. The fraction of sp³-hybridized carbons (Fsp3) is 0.312. The summed E-state index contributed by atoms with van der Waals surface area (Å²) in [6.45, 7) is 0. The van der Waals surface area contributed by atoms with Crippen LogP contribution in [0.5, 0.6) is 11.5 Å². The molecule has 1 rings (SSSR count). The number of hydrogen-bond donors (Lipinski definition) is 3. The van der Waals surface area contributed by atoms with Crippen molar-refractivity contribution in [3.8, 4) is 11.5 Å². The zero-order valence-corrected chi connectivity index (χ0v) is 13.4. The first-order valence-corrected chi connectivity index (χ1v) is 7.09. The van der Waals surface area contributed by atoms with Crippen molar-refractivity contribution >= 4 is 23.9 Å². The lowest BCUT2D eigenvalue weighted by Crippen LogP contribution is -2.40. The standard InChI is InChI=1S/C16H20N2O6/c1-23-12-6-3-10(9-13(12)24-2)4-8-15(20)18-11(16(21)22)5-7-14(17)19/h3-4,6,8-9,11H,5,7H2,1-2H3,(H2,17,19)(H,18,20)(H,21,22)/b8-4+. The molecule has 4 N–H and O–H groups in total. The van der Waals surface area contributed by atoms with Gasteiger partial charge in [0.2, 0.25) is 11.8 Å². The molecule has 8 heteroatoms. The van der Waals surface area contributed by atoms with E-state index in [-0.39, 0.29) is 12.8 Å². The Balaban J connectivity index is 2.73. The Bertz CT molecular complexity index is 641. The number of hydrogen-bond acceptors (Lipinski definition) is 5. The molecule has 0 saturated carbocycles. The minimum absolute atomic E-state index is 0.0688. The van der Waals surface area contributed by atoms with E-state index in [0.29, 0.717) is 17.1 Å². The molecule has 0 aromatic heterocycles. The van der Waals surface area contributed by atoms with Crippen molar-refractivity contribution in [3.05, 3.63) is 29.8 Å². The van der Waals surface area contributed by atoms with E-state index in [9.17, 15) is 14.4 Å². The number of aliphatic carboxylic acids is 1. The predicted octanol–water partition coefficient (Wildman–Crippen LogP) is 0.552. The fourth-order valence-electron chi connectivity index (χ4n) is 1.89. The maximum absolute atomic E-state index is 11.8. The maximum atomic E-state index is 11.8. The summed E-state index contributed by atoms with van der Waals surface area (Å²) in [5.41, 5.74) is 5.65. The number of rotatable bonds is 9. The summed E-state index contributed by atoms with van der Waals surface area (Å²) in [6, 6.07) is 3.89. The van der Waals surface area contributed by atoms with Crippen LogP contribution in [0.25, 0.3) is 6.08 Å². The van der Waals surface area contributed by atoms with Crippen LogP contribution in [-0.2, 0) is 14.4 Å². The van der Waals surface area contributed by atoms with Gasteiger partial charge in [-0.1, -0.05) is 6.07 Å². The van der Waals surface area contributed by atoms with Gasteiger partial charge in [0.15, 0.2) is 11.5 Å². The van der Waals surface area contributed by atoms with Crippen molar-refractivity contribution in [1.82, 2.24) is 5.32 Å². The van der Waals surface area contributed by atoms with Gasteiger partial charge in [-0.2, -0.15) is 0 Å². The van der Waals surface area contributed by atoms with Crippen LogP contribution in [0, 0.1) is 0 Å². The van der Waals surface area contributed by atoms with Gasteiger partial charge >= 0.3 is 5.97 Å². The number of carbonyl (C=O) groups is 3. The van der Waals surface area contributed by atoms with Gasteiger partial charge in [0, 0.05) is 12.5 Å². The molecule has 1 aromatic rings. The molecule has 8 nitrogen and oxygen atoms in total. The molecule has 130 valence electrons. The van der Waals surface area contributed by atoms with Crippen molar-refractivity contribution < 1.29 is 29.0 Å². The minimum Gasteiger partial charge on any atom is -0.493 e.